The number of ether oxygens (including phenoxy) is 4. The van der Waals surface area contributed by atoms with Gasteiger partial charge in [-0.25, -0.2) is 4.79 Å². The molecule has 0 aromatic heterocycles. The highest BCUT2D eigenvalue weighted by molar-refractivity contribution is 8.22. The summed E-state index contributed by atoms with van der Waals surface area (Å²) < 4.78 is 22.3. The first kappa shape index (κ1) is 19.4. The molecular formula is C15H24O5S2. The Labute approximate surface area is 141 Å². The molecule has 3 atom stereocenters. The van der Waals surface area contributed by atoms with Gasteiger partial charge in [-0.15, -0.1) is 0 Å². The van der Waals surface area contributed by atoms with Crippen molar-refractivity contribution in [2.45, 2.75) is 52.1 Å². The molecule has 7 heteroatoms. The molecule has 126 valence electrons. The zero-order valence-corrected chi connectivity index (χ0v) is 15.1. The highest BCUT2D eigenvalue weighted by Gasteiger charge is 2.32. The van der Waals surface area contributed by atoms with E-state index in [9.17, 15) is 4.79 Å². The largest absolute Gasteiger partial charge is 0.470 e. The molecule has 1 saturated heterocycles. The quantitative estimate of drug-likeness (QED) is 0.415. The van der Waals surface area contributed by atoms with Crippen molar-refractivity contribution in [3.63, 3.8) is 0 Å². The number of carbonyl (C=O) groups is 1. The standard InChI is InChI=1S/C15H24O5S2/c1-5-17-14(16)8-10(2)6-7-12-13(20-15(21)22-4)9-18-11(3)19-12/h8,11-13H,5-7,9H2,1-4H3/b10-8+/t11-,12+,13-/m1/s1. The maximum absolute atomic E-state index is 11.4. The van der Waals surface area contributed by atoms with Crippen LogP contribution in [0.4, 0.5) is 0 Å². The molecule has 0 unspecified atom stereocenters. The molecule has 0 N–H and O–H groups in total. The van der Waals surface area contributed by atoms with E-state index in [0.717, 1.165) is 18.4 Å². The van der Waals surface area contributed by atoms with Crippen LogP contribution in [0, 0.1) is 0 Å². The maximum atomic E-state index is 11.4. The molecule has 0 aliphatic carbocycles. The van der Waals surface area contributed by atoms with E-state index >= 15 is 0 Å². The van der Waals surface area contributed by atoms with E-state index in [1.807, 2.05) is 20.1 Å². The summed E-state index contributed by atoms with van der Waals surface area (Å²) in [4.78, 5) is 11.4. The number of rotatable bonds is 6. The van der Waals surface area contributed by atoms with E-state index in [1.54, 1.807) is 6.92 Å². The van der Waals surface area contributed by atoms with E-state index < -0.39 is 0 Å². The van der Waals surface area contributed by atoms with E-state index in [4.69, 9.17) is 31.2 Å². The van der Waals surface area contributed by atoms with Gasteiger partial charge in [0.15, 0.2) is 6.29 Å². The summed E-state index contributed by atoms with van der Waals surface area (Å²) in [5, 5.41) is 0. The number of esters is 1. The predicted molar refractivity (Wildman–Crippen MR) is 90.9 cm³/mol. The van der Waals surface area contributed by atoms with Crippen LogP contribution in [0.3, 0.4) is 0 Å². The molecule has 0 aromatic carbocycles. The van der Waals surface area contributed by atoms with Crippen LogP contribution in [0.1, 0.15) is 33.6 Å². The Morgan fingerprint density at radius 2 is 2.23 bits per heavy atom. The van der Waals surface area contributed by atoms with Gasteiger partial charge in [0.25, 0.3) is 0 Å². The number of carbonyl (C=O) groups excluding carboxylic acids is 1. The summed E-state index contributed by atoms with van der Waals surface area (Å²) in [6.07, 6.45) is 4.26. The van der Waals surface area contributed by atoms with Gasteiger partial charge in [-0.05, 0) is 52.1 Å². The molecule has 22 heavy (non-hydrogen) atoms. The van der Waals surface area contributed by atoms with Gasteiger partial charge < -0.3 is 18.9 Å². The lowest BCUT2D eigenvalue weighted by atomic mass is 10.0. The second-order valence-corrected chi connectivity index (χ2v) is 6.38. The molecule has 5 nitrogen and oxygen atoms in total. The number of hydrogen-bond donors (Lipinski definition) is 0. The van der Waals surface area contributed by atoms with Crippen LogP contribution in [0.2, 0.25) is 0 Å². The molecule has 0 saturated carbocycles. The average Bonchev–Trinajstić information content (AvgIpc) is 2.47. The molecule has 1 heterocycles. The molecule has 1 aliphatic heterocycles. The van der Waals surface area contributed by atoms with E-state index in [-0.39, 0.29) is 24.5 Å². The third kappa shape index (κ3) is 7.09. The molecule has 0 bridgehead atoms. The van der Waals surface area contributed by atoms with E-state index in [2.05, 4.69) is 0 Å². The van der Waals surface area contributed by atoms with Gasteiger partial charge >= 0.3 is 5.97 Å². The van der Waals surface area contributed by atoms with Crippen molar-refractivity contribution in [1.82, 2.24) is 0 Å². The number of thioether (sulfide) groups is 1. The van der Waals surface area contributed by atoms with Crippen molar-refractivity contribution >= 4 is 34.3 Å². The van der Waals surface area contributed by atoms with Crippen LogP contribution in [0.25, 0.3) is 0 Å². The fraction of sp³-hybridized carbons (Fsp3) is 0.733. The molecular weight excluding hydrogens is 324 g/mol. The lowest BCUT2D eigenvalue weighted by Crippen LogP contribution is -2.44. The summed E-state index contributed by atoms with van der Waals surface area (Å²) in [7, 11) is 0. The van der Waals surface area contributed by atoms with E-state index in [0.29, 0.717) is 17.6 Å². The molecule has 0 radical (unpaired) electrons. The van der Waals surface area contributed by atoms with Crippen molar-refractivity contribution < 1.29 is 23.7 Å². The smallest absolute Gasteiger partial charge is 0.330 e. The van der Waals surface area contributed by atoms with E-state index in [1.165, 1.54) is 17.8 Å². The number of hydrogen-bond acceptors (Lipinski definition) is 7. The van der Waals surface area contributed by atoms with Gasteiger partial charge in [-0.3, -0.25) is 0 Å². The Kier molecular flexibility index (Phi) is 9.00. The Hall–Kier alpha value is -0.630. The first-order valence-electron chi connectivity index (χ1n) is 7.31. The second kappa shape index (κ2) is 10.2. The fourth-order valence-electron chi connectivity index (χ4n) is 2.07. The van der Waals surface area contributed by atoms with Crippen LogP contribution in [-0.4, -0.2) is 48.3 Å². The van der Waals surface area contributed by atoms with Gasteiger partial charge in [0.1, 0.15) is 12.2 Å². The van der Waals surface area contributed by atoms with Crippen molar-refractivity contribution in [3.05, 3.63) is 11.6 Å². The van der Waals surface area contributed by atoms with Crippen molar-refractivity contribution in [1.29, 1.82) is 0 Å². The van der Waals surface area contributed by atoms with Gasteiger partial charge in [0, 0.05) is 6.08 Å². The Balaban J connectivity index is 2.54. The van der Waals surface area contributed by atoms with Gasteiger partial charge in [0.05, 0.1) is 13.2 Å². The zero-order chi connectivity index (χ0) is 16.5. The highest BCUT2D eigenvalue weighted by Crippen LogP contribution is 2.23. The minimum atomic E-state index is -0.308. The molecule has 0 spiro atoms. The molecule has 0 aromatic rings. The normalized spacial score (nSPS) is 25.6. The summed E-state index contributed by atoms with van der Waals surface area (Å²) >= 11 is 6.48. The summed E-state index contributed by atoms with van der Waals surface area (Å²) in [5.41, 5.74) is 0.951. The van der Waals surface area contributed by atoms with Crippen LogP contribution in [0.5, 0.6) is 0 Å². The van der Waals surface area contributed by atoms with Crippen molar-refractivity contribution in [3.8, 4) is 0 Å². The second-order valence-electron chi connectivity index (χ2n) is 4.97. The number of thiocarbonyl (C=S) groups is 1. The minimum Gasteiger partial charge on any atom is -0.470 e. The van der Waals surface area contributed by atoms with Crippen LogP contribution < -0.4 is 0 Å². The molecule has 1 aliphatic rings. The monoisotopic (exact) mass is 348 g/mol. The summed E-state index contributed by atoms with van der Waals surface area (Å²) in [5.74, 6) is -0.308. The van der Waals surface area contributed by atoms with Crippen molar-refractivity contribution in [2.75, 3.05) is 19.5 Å². The zero-order valence-electron chi connectivity index (χ0n) is 13.5. The topological polar surface area (TPSA) is 54.0 Å². The fourth-order valence-corrected chi connectivity index (χ4v) is 2.42. The Bertz CT molecular complexity index is 411. The number of allylic oxidation sites excluding steroid dienone is 1. The van der Waals surface area contributed by atoms with Gasteiger partial charge in [-0.1, -0.05) is 17.3 Å². The minimum absolute atomic E-state index is 0.112. The molecule has 1 fully saturated rings. The highest BCUT2D eigenvalue weighted by atomic mass is 32.2. The van der Waals surface area contributed by atoms with Gasteiger partial charge in [0.2, 0.25) is 4.38 Å². The molecule has 0 amide bonds. The van der Waals surface area contributed by atoms with Crippen LogP contribution >= 0.6 is 24.0 Å². The summed E-state index contributed by atoms with van der Waals surface area (Å²) in [6, 6.07) is 0. The van der Waals surface area contributed by atoms with Gasteiger partial charge in [-0.2, -0.15) is 0 Å². The first-order chi connectivity index (χ1) is 10.5. The summed E-state index contributed by atoms with van der Waals surface area (Å²) in [6.45, 7) is 6.38. The van der Waals surface area contributed by atoms with Crippen LogP contribution in [0.15, 0.2) is 11.6 Å². The van der Waals surface area contributed by atoms with Crippen molar-refractivity contribution in [2.24, 2.45) is 0 Å². The maximum Gasteiger partial charge on any atom is 0.330 e. The molecule has 1 rings (SSSR count). The average molecular weight is 348 g/mol. The Morgan fingerprint density at radius 1 is 1.50 bits per heavy atom. The Morgan fingerprint density at radius 3 is 2.86 bits per heavy atom. The predicted octanol–water partition coefficient (Wildman–Crippen LogP) is 3.07. The SMILES string of the molecule is CCOC(=O)/C=C(\C)CC[C@@H]1O[C@H](C)OC[C@H]1OC(=S)SC. The lowest BCUT2D eigenvalue weighted by Gasteiger charge is -2.35. The lowest BCUT2D eigenvalue weighted by molar-refractivity contribution is -0.241. The third-order valence-electron chi connectivity index (χ3n) is 3.16. The first-order valence-corrected chi connectivity index (χ1v) is 8.95. The van der Waals surface area contributed by atoms with Crippen LogP contribution in [-0.2, 0) is 23.7 Å². The third-order valence-corrected chi connectivity index (χ3v) is 4.19.